The maximum absolute atomic E-state index is 14.4. The zero-order valence-corrected chi connectivity index (χ0v) is 20.1. The predicted octanol–water partition coefficient (Wildman–Crippen LogP) is 6.53. The van der Waals surface area contributed by atoms with Crippen LogP contribution in [0.1, 0.15) is 74.7 Å². The van der Waals surface area contributed by atoms with Crippen molar-refractivity contribution in [1.29, 1.82) is 0 Å². The van der Waals surface area contributed by atoms with E-state index in [1.807, 2.05) is 52.0 Å². The molecule has 32 heavy (non-hydrogen) atoms. The number of carbonyl (C=O) groups is 1. The molecule has 0 spiro atoms. The Balaban J connectivity index is 2.39. The number of ketones is 1. The van der Waals surface area contributed by atoms with Crippen molar-refractivity contribution in [3.63, 3.8) is 0 Å². The lowest BCUT2D eigenvalue weighted by molar-refractivity contribution is -0.116. The Morgan fingerprint density at radius 2 is 1.66 bits per heavy atom. The standard InChI is InChI=1S/C26H31BF2N2O/c1-8-22-16(4)25(30-18(22)6)24(21-12-10-20(11-13-21)14-15(3)32)26-17(5)23(9-2)19(7)31(26)27(28)29/h10-13H,8-9,14H2,1-7H3/b25-24-. The molecule has 6 heteroatoms. The first kappa shape index (κ1) is 23.9. The molecule has 1 aromatic carbocycles. The summed E-state index contributed by atoms with van der Waals surface area (Å²) in [6.45, 7) is 13.3. The van der Waals surface area contributed by atoms with Gasteiger partial charge in [0.25, 0.3) is 0 Å². The Labute approximate surface area is 190 Å². The molecule has 0 atom stereocenters. The highest BCUT2D eigenvalue weighted by Crippen LogP contribution is 2.40. The van der Waals surface area contributed by atoms with Crippen molar-refractivity contribution in [1.82, 2.24) is 4.48 Å². The molecule has 0 fully saturated rings. The summed E-state index contributed by atoms with van der Waals surface area (Å²) < 4.78 is 29.9. The normalized spacial score (nSPS) is 15.3. The highest BCUT2D eigenvalue weighted by atomic mass is 19.2. The molecule has 0 radical (unpaired) electrons. The molecule has 1 aliphatic heterocycles. The maximum atomic E-state index is 14.4. The van der Waals surface area contributed by atoms with Gasteiger partial charge in [-0.1, -0.05) is 38.1 Å². The zero-order chi connectivity index (χ0) is 23.7. The lowest BCUT2D eigenvalue weighted by Gasteiger charge is -2.17. The molecule has 0 saturated heterocycles. The van der Waals surface area contributed by atoms with Crippen molar-refractivity contribution >= 4 is 24.5 Å². The van der Waals surface area contributed by atoms with E-state index in [4.69, 9.17) is 4.99 Å². The molecule has 3 nitrogen and oxygen atoms in total. The zero-order valence-electron chi connectivity index (χ0n) is 20.1. The SMILES string of the molecule is CCC1=C(C)/C(=C(\c2ccc(CC(C)=O)cc2)c2c(C)c(CC)c(C)n2B(F)F)N=C1C. The average Bonchev–Trinajstić information content (AvgIpc) is 3.15. The van der Waals surface area contributed by atoms with E-state index in [1.165, 1.54) is 0 Å². The van der Waals surface area contributed by atoms with Crippen LogP contribution in [0.5, 0.6) is 0 Å². The molecule has 168 valence electrons. The van der Waals surface area contributed by atoms with Gasteiger partial charge < -0.3 is 4.48 Å². The molecule has 1 aromatic heterocycles. The second-order valence-corrected chi connectivity index (χ2v) is 8.49. The van der Waals surface area contributed by atoms with Gasteiger partial charge in [-0.15, -0.1) is 0 Å². The van der Waals surface area contributed by atoms with E-state index < -0.39 is 7.40 Å². The fourth-order valence-corrected chi connectivity index (χ4v) is 4.94. The number of nitrogens with zero attached hydrogens (tertiary/aromatic N) is 2. The van der Waals surface area contributed by atoms with Crippen molar-refractivity contribution in [2.45, 2.75) is 67.7 Å². The first-order valence-electron chi connectivity index (χ1n) is 11.2. The Hall–Kier alpha value is -2.76. The number of halogens is 2. The summed E-state index contributed by atoms with van der Waals surface area (Å²) in [4.78, 5) is 16.4. The maximum Gasteiger partial charge on any atom is 0.677 e. The molecule has 0 aliphatic carbocycles. The van der Waals surface area contributed by atoms with Gasteiger partial charge in [0, 0.05) is 29.1 Å². The van der Waals surface area contributed by atoms with Crippen LogP contribution in [0.25, 0.3) is 5.57 Å². The predicted molar refractivity (Wildman–Crippen MR) is 130 cm³/mol. The highest BCUT2D eigenvalue weighted by Gasteiger charge is 2.32. The van der Waals surface area contributed by atoms with Gasteiger partial charge in [-0.25, -0.2) is 0 Å². The van der Waals surface area contributed by atoms with E-state index in [9.17, 15) is 13.4 Å². The Bertz CT molecular complexity index is 1150. The summed E-state index contributed by atoms with van der Waals surface area (Å²) in [7, 11) is -2.65. The van der Waals surface area contributed by atoms with Crippen molar-refractivity contribution in [3.05, 3.63) is 74.8 Å². The lowest BCUT2D eigenvalue weighted by atomic mass is 9.91. The fraction of sp³-hybridized carbons (Fsp3) is 0.385. The van der Waals surface area contributed by atoms with Crippen molar-refractivity contribution < 1.29 is 13.4 Å². The largest absolute Gasteiger partial charge is 0.677 e. The van der Waals surface area contributed by atoms with Gasteiger partial charge in [-0.2, -0.15) is 0 Å². The minimum absolute atomic E-state index is 0.0874. The molecule has 2 aromatic rings. The third-order valence-corrected chi connectivity index (χ3v) is 6.44. The second-order valence-electron chi connectivity index (χ2n) is 8.49. The van der Waals surface area contributed by atoms with Crippen LogP contribution < -0.4 is 0 Å². The fourth-order valence-electron chi connectivity index (χ4n) is 4.94. The number of allylic oxidation sites excluding steroid dienone is 2. The van der Waals surface area contributed by atoms with E-state index in [2.05, 4.69) is 6.92 Å². The summed E-state index contributed by atoms with van der Waals surface area (Å²) in [5, 5.41) is 0. The van der Waals surface area contributed by atoms with Crippen molar-refractivity contribution in [2.24, 2.45) is 4.99 Å². The third kappa shape index (κ3) is 4.15. The number of rotatable bonds is 7. The van der Waals surface area contributed by atoms with Crippen LogP contribution in [0.3, 0.4) is 0 Å². The summed E-state index contributed by atoms with van der Waals surface area (Å²) in [5.74, 6) is 0.0874. The third-order valence-electron chi connectivity index (χ3n) is 6.44. The molecule has 1 aliphatic rings. The van der Waals surface area contributed by atoms with Gasteiger partial charge in [0.2, 0.25) is 0 Å². The van der Waals surface area contributed by atoms with Crippen LogP contribution >= 0.6 is 0 Å². The van der Waals surface area contributed by atoms with Gasteiger partial charge >= 0.3 is 7.40 Å². The quantitative estimate of drug-likeness (QED) is 0.455. The van der Waals surface area contributed by atoms with Gasteiger partial charge in [-0.05, 0) is 80.9 Å². The van der Waals surface area contributed by atoms with Gasteiger partial charge in [0.15, 0.2) is 0 Å². The van der Waals surface area contributed by atoms with Crippen LogP contribution in [0.4, 0.5) is 8.63 Å². The molecular weight excluding hydrogens is 405 g/mol. The van der Waals surface area contributed by atoms with Gasteiger partial charge in [-0.3, -0.25) is 18.4 Å². The van der Waals surface area contributed by atoms with Gasteiger partial charge in [0.05, 0.1) is 5.70 Å². The summed E-state index contributed by atoms with van der Waals surface area (Å²) in [6, 6.07) is 7.65. The number of carbonyl (C=O) groups excluding carboxylic acids is 1. The molecular formula is C26H31BF2N2O. The smallest absolute Gasteiger partial charge is 0.329 e. The van der Waals surface area contributed by atoms with Crippen LogP contribution in [0.15, 0.2) is 46.1 Å². The Kier molecular flexibility index (Phi) is 7.01. The van der Waals surface area contributed by atoms with E-state index in [0.717, 1.165) is 61.3 Å². The van der Waals surface area contributed by atoms with Crippen LogP contribution in [-0.4, -0.2) is 23.4 Å². The molecule has 0 unspecified atom stereocenters. The number of benzene rings is 1. The number of Topliss-reactive ketones (excluding diaryl/α,β-unsaturated/α-hetero) is 1. The topological polar surface area (TPSA) is 34.4 Å². The van der Waals surface area contributed by atoms with E-state index in [0.29, 0.717) is 24.2 Å². The van der Waals surface area contributed by atoms with Crippen molar-refractivity contribution in [2.75, 3.05) is 0 Å². The molecule has 0 bridgehead atoms. The van der Waals surface area contributed by atoms with Crippen molar-refractivity contribution in [3.8, 4) is 0 Å². The summed E-state index contributed by atoms with van der Waals surface area (Å²) >= 11 is 0. The molecule has 2 heterocycles. The Morgan fingerprint density at radius 3 is 2.12 bits per heavy atom. The number of aliphatic imine (C=N–C) groups is 1. The summed E-state index contributed by atoms with van der Waals surface area (Å²) in [6.07, 6.45) is 1.87. The van der Waals surface area contributed by atoms with Crippen LogP contribution in [0, 0.1) is 13.8 Å². The minimum atomic E-state index is -2.65. The first-order valence-corrected chi connectivity index (χ1v) is 11.2. The second kappa shape index (κ2) is 9.39. The van der Waals surface area contributed by atoms with Crippen LogP contribution in [0.2, 0.25) is 0 Å². The lowest BCUT2D eigenvalue weighted by Crippen LogP contribution is -2.18. The molecule has 0 saturated carbocycles. The van der Waals surface area contributed by atoms with E-state index in [1.54, 1.807) is 13.8 Å². The number of hydrogen-bond acceptors (Lipinski definition) is 2. The number of aromatic nitrogens is 1. The van der Waals surface area contributed by atoms with Gasteiger partial charge in [0.1, 0.15) is 5.78 Å². The van der Waals surface area contributed by atoms with E-state index in [-0.39, 0.29) is 5.78 Å². The Morgan fingerprint density at radius 1 is 1.03 bits per heavy atom. The minimum Gasteiger partial charge on any atom is -0.329 e. The highest BCUT2D eigenvalue weighted by molar-refractivity contribution is 6.41. The number of hydrogen-bond donors (Lipinski definition) is 0. The average molecular weight is 436 g/mol. The first-order chi connectivity index (χ1) is 15.1. The van der Waals surface area contributed by atoms with Crippen LogP contribution in [-0.2, 0) is 17.6 Å². The molecule has 0 N–H and O–H groups in total. The van der Waals surface area contributed by atoms with E-state index >= 15 is 0 Å². The molecule has 3 rings (SSSR count). The summed E-state index contributed by atoms with van der Waals surface area (Å²) in [5.41, 5.74) is 9.27. The molecule has 0 amide bonds. The monoisotopic (exact) mass is 436 g/mol.